The van der Waals surface area contributed by atoms with Crippen molar-refractivity contribution in [2.24, 2.45) is 5.92 Å². The summed E-state index contributed by atoms with van der Waals surface area (Å²) in [4.78, 5) is 12.9. The number of fused-ring (bicyclic) bond motifs is 1. The minimum atomic E-state index is -3.26. The van der Waals surface area contributed by atoms with Crippen LogP contribution in [0, 0.1) is 12.8 Å². The van der Waals surface area contributed by atoms with E-state index in [2.05, 4.69) is 5.32 Å². The molecule has 2 heterocycles. The molecule has 1 amide bonds. The Hall–Kier alpha value is -1.60. The van der Waals surface area contributed by atoms with Crippen molar-refractivity contribution in [2.45, 2.75) is 58.6 Å². The van der Waals surface area contributed by atoms with E-state index in [4.69, 9.17) is 4.74 Å². The monoisotopic (exact) mass is 394 g/mol. The Labute approximate surface area is 162 Å². The first-order chi connectivity index (χ1) is 12.6. The zero-order chi connectivity index (χ0) is 19.8. The Kier molecular flexibility index (Phi) is 5.54. The van der Waals surface area contributed by atoms with Gasteiger partial charge in [-0.05, 0) is 52.2 Å². The van der Waals surface area contributed by atoms with Crippen molar-refractivity contribution in [1.29, 1.82) is 0 Å². The van der Waals surface area contributed by atoms with Gasteiger partial charge in [-0.15, -0.1) is 0 Å². The third-order valence-electron chi connectivity index (χ3n) is 5.46. The summed E-state index contributed by atoms with van der Waals surface area (Å²) in [6.07, 6.45) is 2.11. The molecule has 0 saturated carbocycles. The molecule has 0 radical (unpaired) electrons. The second-order valence-electron chi connectivity index (χ2n) is 8.27. The van der Waals surface area contributed by atoms with Gasteiger partial charge in [0.15, 0.2) is 0 Å². The first-order valence-corrected chi connectivity index (χ1v) is 11.3. The summed E-state index contributed by atoms with van der Waals surface area (Å²) in [5.74, 6) is 0.512. The van der Waals surface area contributed by atoms with Gasteiger partial charge < -0.3 is 10.1 Å². The number of benzene rings is 1. The van der Waals surface area contributed by atoms with Gasteiger partial charge in [0.05, 0.1) is 17.7 Å². The van der Waals surface area contributed by atoms with Crippen molar-refractivity contribution in [1.82, 2.24) is 9.62 Å². The highest BCUT2D eigenvalue weighted by Gasteiger charge is 2.37. The second kappa shape index (κ2) is 7.43. The van der Waals surface area contributed by atoms with Crippen molar-refractivity contribution < 1.29 is 17.9 Å². The van der Waals surface area contributed by atoms with Crippen LogP contribution in [-0.2, 0) is 14.8 Å². The fourth-order valence-electron chi connectivity index (χ4n) is 3.97. The second-order valence-corrected chi connectivity index (χ2v) is 10.5. The quantitative estimate of drug-likeness (QED) is 0.852. The fourth-order valence-corrected chi connectivity index (χ4v) is 5.15. The third-order valence-corrected chi connectivity index (χ3v) is 7.30. The summed E-state index contributed by atoms with van der Waals surface area (Å²) in [7, 11) is -3.26. The smallest absolute Gasteiger partial charge is 0.224 e. The first kappa shape index (κ1) is 20.1. The molecule has 3 rings (SSSR count). The van der Waals surface area contributed by atoms with E-state index in [0.717, 1.165) is 23.3 Å². The van der Waals surface area contributed by atoms with Gasteiger partial charge >= 0.3 is 0 Å². The van der Waals surface area contributed by atoms with Crippen LogP contribution in [0.5, 0.6) is 5.75 Å². The summed E-state index contributed by atoms with van der Waals surface area (Å²) in [5, 5.41) is 3.17. The predicted octanol–water partition coefficient (Wildman–Crippen LogP) is 2.78. The minimum absolute atomic E-state index is 0.0692. The van der Waals surface area contributed by atoms with Crippen molar-refractivity contribution in [3.05, 3.63) is 29.3 Å². The zero-order valence-corrected chi connectivity index (χ0v) is 17.4. The Morgan fingerprint density at radius 2 is 2.11 bits per heavy atom. The number of nitrogens with one attached hydrogen (secondary N) is 1. The predicted molar refractivity (Wildman–Crippen MR) is 105 cm³/mol. The summed E-state index contributed by atoms with van der Waals surface area (Å²) < 4.78 is 31.9. The van der Waals surface area contributed by atoms with E-state index in [-0.39, 0.29) is 35.8 Å². The molecular formula is C20H30N2O4S. The fraction of sp³-hybridized carbons (Fsp3) is 0.650. The average Bonchev–Trinajstić information content (AvgIpc) is 2.60. The SMILES string of the molecule is CCS(=O)(=O)N1CCC[C@H](C(=O)N[C@H]2CC(C)(C)Oc3cc(C)ccc32)C1. The van der Waals surface area contributed by atoms with Crippen LogP contribution in [0.15, 0.2) is 18.2 Å². The number of nitrogens with zero attached hydrogens (tertiary/aromatic N) is 1. The van der Waals surface area contributed by atoms with Gasteiger partial charge in [-0.3, -0.25) is 4.79 Å². The number of amides is 1. The van der Waals surface area contributed by atoms with Gasteiger partial charge in [0.1, 0.15) is 11.4 Å². The van der Waals surface area contributed by atoms with Crippen LogP contribution in [0.2, 0.25) is 0 Å². The van der Waals surface area contributed by atoms with E-state index in [1.807, 2.05) is 39.0 Å². The topological polar surface area (TPSA) is 75.7 Å². The number of hydrogen-bond acceptors (Lipinski definition) is 4. The van der Waals surface area contributed by atoms with E-state index in [9.17, 15) is 13.2 Å². The van der Waals surface area contributed by atoms with E-state index in [1.54, 1.807) is 6.92 Å². The molecular weight excluding hydrogens is 364 g/mol. The Balaban J connectivity index is 1.76. The number of carbonyl (C=O) groups excluding carboxylic acids is 1. The van der Waals surface area contributed by atoms with Gasteiger partial charge in [0.2, 0.25) is 15.9 Å². The maximum Gasteiger partial charge on any atom is 0.224 e. The molecule has 0 aromatic heterocycles. The molecule has 150 valence electrons. The molecule has 2 atom stereocenters. The van der Waals surface area contributed by atoms with E-state index < -0.39 is 10.0 Å². The summed E-state index contributed by atoms with van der Waals surface area (Å²) in [5.41, 5.74) is 1.73. The van der Waals surface area contributed by atoms with Gasteiger partial charge in [-0.25, -0.2) is 12.7 Å². The molecule has 0 unspecified atom stereocenters. The van der Waals surface area contributed by atoms with Crippen LogP contribution < -0.4 is 10.1 Å². The Morgan fingerprint density at radius 1 is 1.37 bits per heavy atom. The zero-order valence-electron chi connectivity index (χ0n) is 16.6. The molecule has 1 fully saturated rings. The molecule has 1 aromatic carbocycles. The summed E-state index contributed by atoms with van der Waals surface area (Å²) >= 11 is 0. The van der Waals surface area contributed by atoms with E-state index in [0.29, 0.717) is 19.4 Å². The average molecular weight is 395 g/mol. The highest BCUT2D eigenvalue weighted by atomic mass is 32.2. The van der Waals surface area contributed by atoms with Crippen LogP contribution in [0.3, 0.4) is 0 Å². The van der Waals surface area contributed by atoms with Gasteiger partial charge in [-0.2, -0.15) is 0 Å². The summed E-state index contributed by atoms with van der Waals surface area (Å²) in [6, 6.07) is 5.91. The number of sulfonamides is 1. The van der Waals surface area contributed by atoms with Crippen LogP contribution >= 0.6 is 0 Å². The third kappa shape index (κ3) is 4.46. The molecule has 2 aliphatic heterocycles. The van der Waals surface area contributed by atoms with Gasteiger partial charge in [0, 0.05) is 25.1 Å². The molecule has 0 spiro atoms. The lowest BCUT2D eigenvalue weighted by atomic mass is 9.88. The van der Waals surface area contributed by atoms with Crippen molar-refractivity contribution >= 4 is 15.9 Å². The number of piperidine rings is 1. The van der Waals surface area contributed by atoms with Crippen molar-refractivity contribution in [2.75, 3.05) is 18.8 Å². The lowest BCUT2D eigenvalue weighted by Crippen LogP contribution is -2.48. The largest absolute Gasteiger partial charge is 0.487 e. The summed E-state index contributed by atoms with van der Waals surface area (Å²) in [6.45, 7) is 8.48. The molecule has 0 aliphatic carbocycles. The van der Waals surface area contributed by atoms with Crippen LogP contribution in [0.1, 0.15) is 57.2 Å². The van der Waals surface area contributed by atoms with Crippen molar-refractivity contribution in [3.8, 4) is 5.75 Å². The maximum absolute atomic E-state index is 12.9. The molecule has 6 nitrogen and oxygen atoms in total. The lowest BCUT2D eigenvalue weighted by molar-refractivity contribution is -0.127. The van der Waals surface area contributed by atoms with Crippen LogP contribution in [0.25, 0.3) is 0 Å². The van der Waals surface area contributed by atoms with Crippen LogP contribution in [0.4, 0.5) is 0 Å². The number of ether oxygens (including phenoxy) is 1. The number of aryl methyl sites for hydroxylation is 1. The minimum Gasteiger partial charge on any atom is -0.487 e. The van der Waals surface area contributed by atoms with E-state index in [1.165, 1.54) is 4.31 Å². The molecule has 1 saturated heterocycles. The normalized spacial score (nSPS) is 25.3. The van der Waals surface area contributed by atoms with Crippen LogP contribution in [-0.4, -0.2) is 43.1 Å². The Morgan fingerprint density at radius 3 is 2.81 bits per heavy atom. The van der Waals surface area contributed by atoms with Gasteiger partial charge in [-0.1, -0.05) is 12.1 Å². The lowest BCUT2D eigenvalue weighted by Gasteiger charge is -2.39. The van der Waals surface area contributed by atoms with E-state index >= 15 is 0 Å². The molecule has 7 heteroatoms. The van der Waals surface area contributed by atoms with Crippen molar-refractivity contribution in [3.63, 3.8) is 0 Å². The highest BCUT2D eigenvalue weighted by Crippen LogP contribution is 2.40. The molecule has 2 aliphatic rings. The molecule has 1 N–H and O–H groups in total. The molecule has 1 aromatic rings. The highest BCUT2D eigenvalue weighted by molar-refractivity contribution is 7.89. The maximum atomic E-state index is 12.9. The number of rotatable bonds is 4. The molecule has 0 bridgehead atoms. The number of hydrogen-bond donors (Lipinski definition) is 1. The standard InChI is InChI=1S/C20H30N2O4S/c1-5-27(24,25)22-10-6-7-15(13-22)19(23)21-17-12-20(3,4)26-18-11-14(2)8-9-16(17)18/h8-9,11,15,17H,5-7,10,12-13H2,1-4H3,(H,21,23)/t15-,17-/m0/s1. The first-order valence-electron chi connectivity index (χ1n) is 9.69. The number of carbonyl (C=O) groups is 1. The Bertz CT molecular complexity index is 819. The van der Waals surface area contributed by atoms with Gasteiger partial charge in [0.25, 0.3) is 0 Å². The molecule has 27 heavy (non-hydrogen) atoms.